The molecule has 0 saturated heterocycles. The van der Waals surface area contributed by atoms with Crippen LogP contribution in [0.4, 0.5) is 17.1 Å². The van der Waals surface area contributed by atoms with E-state index in [1.54, 1.807) is 0 Å². The molecular formula is C40H30N2. The number of nitrogens with zero attached hydrogens (tertiary/aromatic N) is 2. The van der Waals surface area contributed by atoms with E-state index in [4.69, 9.17) is 0 Å². The van der Waals surface area contributed by atoms with Crippen LogP contribution in [0.25, 0.3) is 39.3 Å². The van der Waals surface area contributed by atoms with Crippen molar-refractivity contribution in [1.82, 2.24) is 4.57 Å². The smallest absolute Gasteiger partial charge is 0.0535 e. The molecule has 1 aromatic heterocycles. The number of rotatable bonds is 7. The Kier molecular flexibility index (Phi) is 6.94. The van der Waals surface area contributed by atoms with Gasteiger partial charge in [-0.15, -0.1) is 0 Å². The van der Waals surface area contributed by atoms with Gasteiger partial charge in [0.2, 0.25) is 0 Å². The second kappa shape index (κ2) is 11.5. The number of anilines is 3. The van der Waals surface area contributed by atoms with E-state index in [0.29, 0.717) is 0 Å². The molecule has 0 saturated carbocycles. The third kappa shape index (κ3) is 5.02. The molecule has 6 aromatic carbocycles. The molecule has 0 aliphatic carbocycles. The van der Waals surface area contributed by atoms with Gasteiger partial charge in [-0.1, -0.05) is 121 Å². The first-order valence-corrected chi connectivity index (χ1v) is 14.3. The molecule has 7 rings (SSSR count). The molecule has 1 heterocycles. The minimum Gasteiger partial charge on any atom is -0.311 e. The Labute approximate surface area is 247 Å². The summed E-state index contributed by atoms with van der Waals surface area (Å²) in [5, 5.41) is 0. The first-order chi connectivity index (χ1) is 20.8. The summed E-state index contributed by atoms with van der Waals surface area (Å²) in [7, 11) is 0. The van der Waals surface area contributed by atoms with Gasteiger partial charge in [-0.2, -0.15) is 0 Å². The van der Waals surface area contributed by atoms with E-state index in [2.05, 4.69) is 191 Å². The van der Waals surface area contributed by atoms with Crippen LogP contribution in [0.3, 0.4) is 0 Å². The van der Waals surface area contributed by atoms with Crippen molar-refractivity contribution in [3.8, 4) is 39.3 Å². The maximum absolute atomic E-state index is 2.36. The van der Waals surface area contributed by atoms with E-state index in [9.17, 15) is 0 Å². The molecule has 0 atom stereocenters. The zero-order chi connectivity index (χ0) is 28.1. The Balaban J connectivity index is 1.23. The van der Waals surface area contributed by atoms with Gasteiger partial charge in [0.1, 0.15) is 0 Å². The molecule has 0 amide bonds. The zero-order valence-electron chi connectivity index (χ0n) is 23.2. The van der Waals surface area contributed by atoms with Crippen LogP contribution < -0.4 is 4.90 Å². The first-order valence-electron chi connectivity index (χ1n) is 14.3. The minimum absolute atomic E-state index is 1.13. The maximum Gasteiger partial charge on any atom is 0.0535 e. The van der Waals surface area contributed by atoms with E-state index in [1.807, 2.05) is 0 Å². The van der Waals surface area contributed by atoms with E-state index in [1.165, 1.54) is 33.6 Å². The van der Waals surface area contributed by atoms with Crippen molar-refractivity contribution in [1.29, 1.82) is 0 Å². The summed E-state index contributed by atoms with van der Waals surface area (Å²) in [5.74, 6) is 0. The standard InChI is InChI=1S/C40H30N2/c1-5-13-33(14-6-1)39-29-30-40(34-15-7-2-8-16-34)42(39)38-27-23-32(24-28-38)31-21-25-37(26-22-31)41(35-17-9-3-10-18-35)36-19-11-4-12-20-36/h1-30H. The topological polar surface area (TPSA) is 8.17 Å². The number of hydrogen-bond acceptors (Lipinski definition) is 1. The van der Waals surface area contributed by atoms with Crippen LogP contribution in [0.15, 0.2) is 182 Å². The molecule has 0 unspecified atom stereocenters. The lowest BCUT2D eigenvalue weighted by Crippen LogP contribution is -2.09. The van der Waals surface area contributed by atoms with Crippen LogP contribution >= 0.6 is 0 Å². The molecule has 0 aliphatic heterocycles. The van der Waals surface area contributed by atoms with Gasteiger partial charge in [0.25, 0.3) is 0 Å². The highest BCUT2D eigenvalue weighted by atomic mass is 15.1. The molecule has 7 aromatic rings. The SMILES string of the molecule is c1ccc(-c2ccc(-c3ccccc3)n2-c2ccc(-c3ccc(N(c4ccccc4)c4ccccc4)cc3)cc2)cc1. The fraction of sp³-hybridized carbons (Fsp3) is 0. The second-order valence-corrected chi connectivity index (χ2v) is 10.3. The molecule has 200 valence electrons. The number of para-hydroxylation sites is 2. The van der Waals surface area contributed by atoms with Crippen molar-refractivity contribution in [2.45, 2.75) is 0 Å². The van der Waals surface area contributed by atoms with Gasteiger partial charge >= 0.3 is 0 Å². The normalized spacial score (nSPS) is 10.9. The summed E-state index contributed by atoms with van der Waals surface area (Å²) in [6.07, 6.45) is 0. The molecule has 0 spiro atoms. The second-order valence-electron chi connectivity index (χ2n) is 10.3. The van der Waals surface area contributed by atoms with Crippen LogP contribution in [0.5, 0.6) is 0 Å². The Bertz CT molecular complexity index is 1780. The molecule has 2 heteroatoms. The van der Waals surface area contributed by atoms with Crippen molar-refractivity contribution in [3.05, 3.63) is 182 Å². The van der Waals surface area contributed by atoms with Crippen LogP contribution in [0.1, 0.15) is 0 Å². The minimum atomic E-state index is 1.13. The monoisotopic (exact) mass is 538 g/mol. The van der Waals surface area contributed by atoms with E-state index in [0.717, 1.165) is 22.7 Å². The summed E-state index contributed by atoms with van der Waals surface area (Å²) in [4.78, 5) is 2.29. The number of aromatic nitrogens is 1. The lowest BCUT2D eigenvalue weighted by molar-refractivity contribution is 1.09. The summed E-state index contributed by atoms with van der Waals surface area (Å²) < 4.78 is 2.36. The molecule has 0 N–H and O–H groups in total. The molecule has 0 aliphatic rings. The van der Waals surface area contributed by atoms with Crippen molar-refractivity contribution in [3.63, 3.8) is 0 Å². The maximum atomic E-state index is 2.36. The predicted molar refractivity (Wildman–Crippen MR) is 177 cm³/mol. The van der Waals surface area contributed by atoms with Gasteiger partial charge in [-0.25, -0.2) is 0 Å². The van der Waals surface area contributed by atoms with Gasteiger partial charge < -0.3 is 9.47 Å². The number of hydrogen-bond donors (Lipinski definition) is 0. The summed E-state index contributed by atoms with van der Waals surface area (Å²) >= 11 is 0. The van der Waals surface area contributed by atoms with Crippen LogP contribution in [-0.2, 0) is 0 Å². The van der Waals surface area contributed by atoms with Crippen molar-refractivity contribution < 1.29 is 0 Å². The molecule has 0 radical (unpaired) electrons. The summed E-state index contributed by atoms with van der Waals surface area (Å²) in [5.41, 5.74) is 11.6. The van der Waals surface area contributed by atoms with Gasteiger partial charge in [-0.05, 0) is 82.9 Å². The van der Waals surface area contributed by atoms with Crippen LogP contribution in [0, 0.1) is 0 Å². The van der Waals surface area contributed by atoms with Crippen molar-refractivity contribution in [2.24, 2.45) is 0 Å². The van der Waals surface area contributed by atoms with E-state index >= 15 is 0 Å². The highest BCUT2D eigenvalue weighted by molar-refractivity contribution is 5.79. The zero-order valence-corrected chi connectivity index (χ0v) is 23.2. The predicted octanol–water partition coefficient (Wildman–Crippen LogP) is 10.9. The molecule has 42 heavy (non-hydrogen) atoms. The van der Waals surface area contributed by atoms with Crippen LogP contribution in [0.2, 0.25) is 0 Å². The highest BCUT2D eigenvalue weighted by Gasteiger charge is 2.15. The van der Waals surface area contributed by atoms with Crippen molar-refractivity contribution >= 4 is 17.1 Å². The molecular weight excluding hydrogens is 508 g/mol. The molecule has 0 bridgehead atoms. The summed E-state index contributed by atoms with van der Waals surface area (Å²) in [6, 6.07) is 64.4. The summed E-state index contributed by atoms with van der Waals surface area (Å²) in [6.45, 7) is 0. The van der Waals surface area contributed by atoms with Gasteiger partial charge in [-0.3, -0.25) is 0 Å². The molecule has 2 nitrogen and oxygen atoms in total. The Morgan fingerprint density at radius 2 is 0.643 bits per heavy atom. The lowest BCUT2D eigenvalue weighted by atomic mass is 10.0. The van der Waals surface area contributed by atoms with Gasteiger partial charge in [0.05, 0.1) is 11.4 Å². The first kappa shape index (κ1) is 25.4. The van der Waals surface area contributed by atoms with Crippen LogP contribution in [-0.4, -0.2) is 4.57 Å². The van der Waals surface area contributed by atoms with Gasteiger partial charge in [0, 0.05) is 22.7 Å². The van der Waals surface area contributed by atoms with Gasteiger partial charge in [0.15, 0.2) is 0 Å². The third-order valence-corrected chi connectivity index (χ3v) is 7.63. The number of benzene rings is 6. The molecule has 0 fully saturated rings. The van der Waals surface area contributed by atoms with E-state index < -0.39 is 0 Å². The fourth-order valence-electron chi connectivity index (χ4n) is 5.59. The average Bonchev–Trinajstić information content (AvgIpc) is 3.53. The Morgan fingerprint density at radius 1 is 0.286 bits per heavy atom. The highest BCUT2D eigenvalue weighted by Crippen LogP contribution is 2.36. The fourth-order valence-corrected chi connectivity index (χ4v) is 5.59. The Hall–Kier alpha value is -5.60. The lowest BCUT2D eigenvalue weighted by Gasteiger charge is -2.25. The largest absolute Gasteiger partial charge is 0.311 e. The van der Waals surface area contributed by atoms with E-state index in [-0.39, 0.29) is 0 Å². The quantitative estimate of drug-likeness (QED) is 0.196. The third-order valence-electron chi connectivity index (χ3n) is 7.63. The Morgan fingerprint density at radius 3 is 1.07 bits per heavy atom. The average molecular weight is 539 g/mol. The van der Waals surface area contributed by atoms with Crippen molar-refractivity contribution in [2.75, 3.05) is 4.90 Å².